The van der Waals surface area contributed by atoms with Crippen molar-refractivity contribution in [2.75, 3.05) is 13.2 Å². The van der Waals surface area contributed by atoms with Crippen LogP contribution in [0.1, 0.15) is 83.3 Å². The molecule has 0 radical (unpaired) electrons. The summed E-state index contributed by atoms with van der Waals surface area (Å²) in [6.45, 7) is 5.20. The van der Waals surface area contributed by atoms with Crippen LogP contribution >= 0.6 is 22.9 Å². The molecule has 5 aromatic rings. The number of hydrogen-bond donors (Lipinski definition) is 1. The monoisotopic (exact) mass is 712 g/mol. The van der Waals surface area contributed by atoms with Crippen LogP contribution in [0.15, 0.2) is 58.7 Å². The molecule has 2 fully saturated rings. The predicted molar refractivity (Wildman–Crippen MR) is 193 cm³/mol. The number of ether oxygens (including phenoxy) is 1. The summed E-state index contributed by atoms with van der Waals surface area (Å²) in [7, 11) is 0. The second-order valence-electron chi connectivity index (χ2n) is 14.0. The fraction of sp³-hybridized carbons (Fsp3) is 0.385. The number of aryl methyl sites for hydroxylation is 2. The number of nitrogens with zero attached hydrogens (tertiary/aromatic N) is 4. The van der Waals surface area contributed by atoms with Gasteiger partial charge >= 0.3 is 5.97 Å². The zero-order valence-corrected chi connectivity index (χ0v) is 29.6. The molecule has 0 unspecified atom stereocenters. The van der Waals surface area contributed by atoms with E-state index < -0.39 is 5.97 Å². The third kappa shape index (κ3) is 5.91. The van der Waals surface area contributed by atoms with E-state index in [-0.39, 0.29) is 41.0 Å². The van der Waals surface area contributed by atoms with E-state index in [9.17, 15) is 19.1 Å². The lowest BCUT2D eigenvalue weighted by molar-refractivity contribution is 0.0699. The summed E-state index contributed by atoms with van der Waals surface area (Å²) in [5, 5.41) is 11.8. The minimum absolute atomic E-state index is 0.00558. The zero-order chi connectivity index (χ0) is 34.7. The minimum atomic E-state index is -1.02. The Balaban J connectivity index is 1.07. The van der Waals surface area contributed by atoms with Gasteiger partial charge in [0.05, 0.1) is 28.0 Å². The van der Waals surface area contributed by atoms with Crippen molar-refractivity contribution in [3.8, 4) is 16.9 Å². The molecule has 1 saturated carbocycles. The first kappa shape index (κ1) is 33.0. The molecule has 3 aliphatic rings. The van der Waals surface area contributed by atoms with Gasteiger partial charge in [-0.25, -0.2) is 14.2 Å². The van der Waals surface area contributed by atoms with Crippen molar-refractivity contribution < 1.29 is 19.0 Å². The highest BCUT2D eigenvalue weighted by molar-refractivity contribution is 7.18. The van der Waals surface area contributed by atoms with Gasteiger partial charge in [0, 0.05) is 50.3 Å². The van der Waals surface area contributed by atoms with Gasteiger partial charge in [-0.3, -0.25) is 19.2 Å². The number of fused-ring (bicyclic) bond motifs is 3. The summed E-state index contributed by atoms with van der Waals surface area (Å²) >= 11 is 7.79. The van der Waals surface area contributed by atoms with Crippen molar-refractivity contribution in [3.63, 3.8) is 0 Å². The van der Waals surface area contributed by atoms with Crippen molar-refractivity contribution in [3.05, 3.63) is 109 Å². The molecule has 1 aliphatic heterocycles. The maximum Gasteiger partial charge on any atom is 0.338 e. The van der Waals surface area contributed by atoms with Gasteiger partial charge in [-0.1, -0.05) is 30.2 Å². The van der Waals surface area contributed by atoms with Crippen LogP contribution in [0.4, 0.5) is 4.39 Å². The number of likely N-dealkylation sites (tertiary alicyclic amines) is 1. The molecule has 2 aromatic carbocycles. The fourth-order valence-electron chi connectivity index (χ4n) is 8.31. The number of hydrogen-bond acceptors (Lipinski definition) is 7. The first-order chi connectivity index (χ1) is 24.1. The second-order valence-corrected chi connectivity index (χ2v) is 15.3. The second kappa shape index (κ2) is 12.9. The third-order valence-corrected chi connectivity index (χ3v) is 12.0. The van der Waals surface area contributed by atoms with E-state index in [4.69, 9.17) is 21.3 Å². The number of thiophene rings is 1. The van der Waals surface area contributed by atoms with Gasteiger partial charge in [0.15, 0.2) is 0 Å². The Labute approximate surface area is 298 Å². The lowest BCUT2D eigenvalue weighted by Gasteiger charge is -2.45. The predicted octanol–water partition coefficient (Wildman–Crippen LogP) is 8.28. The highest BCUT2D eigenvalue weighted by Gasteiger charge is 2.53. The van der Waals surface area contributed by atoms with Crippen LogP contribution in [0.25, 0.3) is 21.3 Å². The maximum atomic E-state index is 14.3. The number of aromatic carboxylic acids is 1. The fourth-order valence-corrected chi connectivity index (χ4v) is 9.49. The number of benzene rings is 2. The Morgan fingerprint density at radius 1 is 1.12 bits per heavy atom. The van der Waals surface area contributed by atoms with Crippen LogP contribution < -0.4 is 10.3 Å². The number of carboxylic acids is 1. The molecule has 1 N–H and O–H groups in total. The van der Waals surface area contributed by atoms with E-state index in [0.717, 1.165) is 77.7 Å². The maximum absolute atomic E-state index is 14.3. The van der Waals surface area contributed by atoms with Crippen LogP contribution in [0, 0.1) is 19.7 Å². The Morgan fingerprint density at radius 2 is 1.96 bits per heavy atom. The number of rotatable bonds is 8. The third-order valence-electron chi connectivity index (χ3n) is 10.8. The van der Waals surface area contributed by atoms with Crippen LogP contribution in [-0.4, -0.2) is 49.7 Å². The van der Waals surface area contributed by atoms with Crippen LogP contribution in [0.5, 0.6) is 5.75 Å². The smallest absolute Gasteiger partial charge is 0.338 e. The first-order valence-corrected chi connectivity index (χ1v) is 18.5. The standard InChI is InChI=1S/C39H38ClFN4O4S/c1-22-16-29(35-34(42-22)31(21-50-35)38(47)48)28-18-25(40)9-10-33(28)49-15-14-44-23(2)43-36-30(37(44)46)19-27(20-39(36)11-12-39)45-13-4-3-8-32(45)24-6-5-7-26(41)17-24/h5-7,9-10,16-18,21,27,32H,3-4,8,11-15,19-20H2,1-2H3,(H,47,48)/t27-,32+/m1/s1. The molecule has 2 atom stereocenters. The molecular weight excluding hydrogens is 675 g/mol. The summed E-state index contributed by atoms with van der Waals surface area (Å²) < 4.78 is 23.1. The van der Waals surface area contributed by atoms with E-state index in [0.29, 0.717) is 40.8 Å². The van der Waals surface area contributed by atoms with Crippen molar-refractivity contribution in [1.29, 1.82) is 0 Å². The lowest BCUT2D eigenvalue weighted by Crippen LogP contribution is -2.49. The molecule has 8 nitrogen and oxygen atoms in total. The average Bonchev–Trinajstić information content (AvgIpc) is 3.73. The summed E-state index contributed by atoms with van der Waals surface area (Å²) in [6, 6.07) is 14.6. The number of carboxylic acid groups (broad SMARTS) is 1. The van der Waals surface area contributed by atoms with Gasteiger partial charge < -0.3 is 9.84 Å². The van der Waals surface area contributed by atoms with Gasteiger partial charge in [0.25, 0.3) is 5.56 Å². The molecule has 2 aliphatic carbocycles. The van der Waals surface area contributed by atoms with Gasteiger partial charge in [-0.2, -0.15) is 0 Å². The number of halogens is 2. The molecule has 0 bridgehead atoms. The molecule has 50 heavy (non-hydrogen) atoms. The molecule has 1 spiro atoms. The number of piperidine rings is 1. The topological polar surface area (TPSA) is 97.6 Å². The number of aromatic nitrogens is 3. The molecular formula is C39H38ClFN4O4S. The number of carbonyl (C=O) groups is 1. The largest absolute Gasteiger partial charge is 0.491 e. The SMILES string of the molecule is Cc1cc(-c2cc(Cl)ccc2OCCn2c(C)nc3c(c2=O)C[C@@H](N2CCCC[C@H]2c2cccc(F)c2)CC32CC2)c2scc(C(=O)O)c2n1. The van der Waals surface area contributed by atoms with Crippen LogP contribution in [0.3, 0.4) is 0 Å². The zero-order valence-electron chi connectivity index (χ0n) is 28.0. The molecule has 11 heteroatoms. The van der Waals surface area contributed by atoms with Crippen LogP contribution in [0.2, 0.25) is 5.02 Å². The summed E-state index contributed by atoms with van der Waals surface area (Å²) in [5.74, 6) is 0.0248. The Hall–Kier alpha value is -4.12. The van der Waals surface area contributed by atoms with E-state index in [1.165, 1.54) is 17.4 Å². The molecule has 8 rings (SSSR count). The van der Waals surface area contributed by atoms with Crippen molar-refractivity contribution in [2.24, 2.45) is 0 Å². The first-order valence-electron chi connectivity index (χ1n) is 17.3. The average molecular weight is 713 g/mol. The number of pyridine rings is 1. The van der Waals surface area contributed by atoms with Gasteiger partial charge in [-0.15, -0.1) is 11.3 Å². The van der Waals surface area contributed by atoms with Gasteiger partial charge in [-0.05, 0) is 101 Å². The summed E-state index contributed by atoms with van der Waals surface area (Å²) in [4.78, 5) is 38.3. The quantitative estimate of drug-likeness (QED) is 0.173. The van der Waals surface area contributed by atoms with E-state index in [1.54, 1.807) is 34.2 Å². The lowest BCUT2D eigenvalue weighted by atomic mass is 9.79. The van der Waals surface area contributed by atoms with Gasteiger partial charge in [0.1, 0.15) is 24.0 Å². The van der Waals surface area contributed by atoms with E-state index in [2.05, 4.69) is 9.88 Å². The molecule has 3 aromatic heterocycles. The van der Waals surface area contributed by atoms with Crippen molar-refractivity contribution >= 4 is 39.1 Å². The highest BCUT2D eigenvalue weighted by atomic mass is 35.5. The Bertz CT molecular complexity index is 2210. The molecule has 0 amide bonds. The van der Waals surface area contributed by atoms with E-state index in [1.807, 2.05) is 32.0 Å². The molecule has 1 saturated heterocycles. The molecule has 258 valence electrons. The molecule has 4 heterocycles. The Morgan fingerprint density at radius 3 is 2.74 bits per heavy atom. The van der Waals surface area contributed by atoms with Crippen molar-refractivity contribution in [1.82, 2.24) is 19.4 Å². The summed E-state index contributed by atoms with van der Waals surface area (Å²) in [5.41, 5.74) is 5.53. The summed E-state index contributed by atoms with van der Waals surface area (Å²) in [6.07, 6.45) is 6.87. The highest BCUT2D eigenvalue weighted by Crippen LogP contribution is 2.55. The minimum Gasteiger partial charge on any atom is -0.491 e. The van der Waals surface area contributed by atoms with Gasteiger partial charge in [0.2, 0.25) is 0 Å². The normalized spacial score (nSPS) is 19.8. The Kier molecular flexibility index (Phi) is 8.52. The van der Waals surface area contributed by atoms with E-state index >= 15 is 0 Å². The van der Waals surface area contributed by atoms with Crippen molar-refractivity contribution in [2.45, 2.75) is 82.8 Å². The van der Waals surface area contributed by atoms with Crippen LogP contribution in [-0.2, 0) is 18.4 Å².